The lowest BCUT2D eigenvalue weighted by Gasteiger charge is -2.25. The minimum atomic E-state index is -3.39. The summed E-state index contributed by atoms with van der Waals surface area (Å²) < 4.78 is 24.5. The predicted molar refractivity (Wildman–Crippen MR) is 93.1 cm³/mol. The van der Waals surface area contributed by atoms with E-state index in [1.807, 2.05) is 18.2 Å². The average molecular weight is 337 g/mol. The number of rotatable bonds is 4. The summed E-state index contributed by atoms with van der Waals surface area (Å²) in [5.74, 6) is 0.207. The van der Waals surface area contributed by atoms with Gasteiger partial charge >= 0.3 is 0 Å². The van der Waals surface area contributed by atoms with Gasteiger partial charge in [-0.25, -0.2) is 8.42 Å². The van der Waals surface area contributed by atoms with E-state index in [9.17, 15) is 13.2 Å². The zero-order valence-electron chi connectivity index (χ0n) is 14.2. The number of nitrogens with zero attached hydrogens (tertiary/aromatic N) is 1. The molecule has 0 spiro atoms. The van der Waals surface area contributed by atoms with Crippen LogP contribution in [0.15, 0.2) is 30.3 Å². The highest BCUT2D eigenvalue weighted by atomic mass is 32.2. The van der Waals surface area contributed by atoms with Crippen LogP contribution in [0.4, 0.5) is 0 Å². The van der Waals surface area contributed by atoms with E-state index in [2.05, 4.69) is 12.1 Å². The van der Waals surface area contributed by atoms with Gasteiger partial charge in [0.05, 0.1) is 5.25 Å². The number of hydrogen-bond donors (Lipinski definition) is 0. The largest absolute Gasteiger partial charge is 0.342 e. The van der Waals surface area contributed by atoms with E-state index < -0.39 is 20.3 Å². The molecule has 1 amide bonds. The summed E-state index contributed by atoms with van der Waals surface area (Å²) in [6.07, 6.45) is 2.85. The molecule has 0 aliphatic carbocycles. The molecule has 1 aromatic carbocycles. The van der Waals surface area contributed by atoms with Gasteiger partial charge in [-0.2, -0.15) is 0 Å². The van der Waals surface area contributed by atoms with E-state index in [4.69, 9.17) is 0 Å². The molecule has 2 atom stereocenters. The molecule has 1 aliphatic rings. The van der Waals surface area contributed by atoms with E-state index in [0.29, 0.717) is 19.0 Å². The Balaban J connectivity index is 2.04. The van der Waals surface area contributed by atoms with Crippen LogP contribution in [0.1, 0.15) is 51.5 Å². The summed E-state index contributed by atoms with van der Waals surface area (Å²) in [4.78, 5) is 14.3. The second kappa shape index (κ2) is 7.47. The maximum absolute atomic E-state index is 12.6. The zero-order valence-corrected chi connectivity index (χ0v) is 15.1. The molecule has 0 bridgehead atoms. The molecule has 1 aromatic rings. The van der Waals surface area contributed by atoms with Crippen molar-refractivity contribution in [2.45, 2.75) is 56.5 Å². The molecule has 0 N–H and O–H groups in total. The van der Waals surface area contributed by atoms with Crippen LogP contribution in [-0.2, 0) is 14.6 Å². The maximum atomic E-state index is 12.6. The van der Waals surface area contributed by atoms with Crippen molar-refractivity contribution in [3.8, 4) is 0 Å². The van der Waals surface area contributed by atoms with Gasteiger partial charge in [-0.1, -0.05) is 30.3 Å². The topological polar surface area (TPSA) is 54.5 Å². The first-order valence-corrected chi connectivity index (χ1v) is 10.0. The van der Waals surface area contributed by atoms with Gasteiger partial charge in [0.2, 0.25) is 5.91 Å². The van der Waals surface area contributed by atoms with E-state index >= 15 is 0 Å². The Bertz CT molecular complexity index is 625. The number of likely N-dealkylation sites (tertiary alicyclic amines) is 1. The fraction of sp³-hybridized carbons (Fsp3) is 0.611. The lowest BCUT2D eigenvalue weighted by Crippen LogP contribution is -2.44. The van der Waals surface area contributed by atoms with Gasteiger partial charge in [-0.05, 0) is 51.5 Å². The van der Waals surface area contributed by atoms with Gasteiger partial charge in [0.15, 0.2) is 9.84 Å². The Morgan fingerprint density at radius 2 is 1.74 bits per heavy atom. The van der Waals surface area contributed by atoms with Crippen molar-refractivity contribution in [1.29, 1.82) is 0 Å². The quantitative estimate of drug-likeness (QED) is 0.849. The molecule has 1 aliphatic heterocycles. The Morgan fingerprint density at radius 1 is 1.09 bits per heavy atom. The monoisotopic (exact) mass is 337 g/mol. The van der Waals surface area contributed by atoms with E-state index in [0.717, 1.165) is 19.3 Å². The molecule has 5 heteroatoms. The van der Waals surface area contributed by atoms with Crippen LogP contribution in [0.2, 0.25) is 0 Å². The minimum absolute atomic E-state index is 0.243. The second-order valence-corrected chi connectivity index (χ2v) is 9.47. The standard InChI is InChI=1S/C18H27NO3S/c1-14(2)23(21,22)15(3)18(20)19-12-7-10-17(11-13-19)16-8-5-4-6-9-16/h4-6,8-9,14-15,17H,7,10-13H2,1-3H3/t15-,17+/m1/s1. The minimum Gasteiger partial charge on any atom is -0.342 e. The first-order valence-electron chi connectivity index (χ1n) is 8.40. The summed E-state index contributed by atoms with van der Waals surface area (Å²) in [6, 6.07) is 10.4. The SMILES string of the molecule is CC(C)S(=O)(=O)[C@H](C)C(=O)N1CCC[C@H](c2ccccc2)CC1. The molecule has 2 rings (SSSR count). The summed E-state index contributed by atoms with van der Waals surface area (Å²) in [6.45, 7) is 6.08. The van der Waals surface area contributed by atoms with E-state index in [1.54, 1.807) is 18.7 Å². The molecule has 128 valence electrons. The lowest BCUT2D eigenvalue weighted by atomic mass is 9.92. The van der Waals surface area contributed by atoms with E-state index in [1.165, 1.54) is 12.5 Å². The molecule has 1 saturated heterocycles. The van der Waals surface area contributed by atoms with Crippen LogP contribution in [0.25, 0.3) is 0 Å². The maximum Gasteiger partial charge on any atom is 0.240 e. The number of benzene rings is 1. The molecule has 4 nitrogen and oxygen atoms in total. The van der Waals surface area contributed by atoms with Crippen LogP contribution in [0.3, 0.4) is 0 Å². The van der Waals surface area contributed by atoms with Gasteiger partial charge in [0.1, 0.15) is 5.25 Å². The zero-order chi connectivity index (χ0) is 17.0. The van der Waals surface area contributed by atoms with Crippen molar-refractivity contribution in [2.75, 3.05) is 13.1 Å². The van der Waals surface area contributed by atoms with Crippen LogP contribution >= 0.6 is 0 Å². The number of sulfone groups is 1. The summed E-state index contributed by atoms with van der Waals surface area (Å²) in [5, 5.41) is -1.47. The van der Waals surface area contributed by atoms with Gasteiger partial charge in [-0.3, -0.25) is 4.79 Å². The van der Waals surface area contributed by atoms with Crippen molar-refractivity contribution < 1.29 is 13.2 Å². The normalized spacial score (nSPS) is 21.0. The Hall–Kier alpha value is -1.36. The average Bonchev–Trinajstić information content (AvgIpc) is 2.80. The summed E-state index contributed by atoms with van der Waals surface area (Å²) in [5.41, 5.74) is 1.31. The van der Waals surface area contributed by atoms with Crippen molar-refractivity contribution in [1.82, 2.24) is 4.90 Å². The highest BCUT2D eigenvalue weighted by Gasteiger charge is 2.34. The highest BCUT2D eigenvalue weighted by Crippen LogP contribution is 2.28. The van der Waals surface area contributed by atoms with Crippen LogP contribution in [-0.4, -0.2) is 42.8 Å². The first kappa shape index (κ1) is 18.0. The third kappa shape index (κ3) is 4.14. The number of amides is 1. The van der Waals surface area contributed by atoms with Crippen molar-refractivity contribution in [2.24, 2.45) is 0 Å². The van der Waals surface area contributed by atoms with Crippen molar-refractivity contribution in [3.05, 3.63) is 35.9 Å². The smallest absolute Gasteiger partial charge is 0.240 e. The van der Waals surface area contributed by atoms with Gasteiger partial charge in [0, 0.05) is 13.1 Å². The molecule has 0 unspecified atom stereocenters. The van der Waals surface area contributed by atoms with Gasteiger partial charge in [0.25, 0.3) is 0 Å². The van der Waals surface area contributed by atoms with E-state index in [-0.39, 0.29) is 5.91 Å². The molecular formula is C18H27NO3S. The van der Waals surface area contributed by atoms with Crippen LogP contribution in [0, 0.1) is 0 Å². The molecule has 0 aromatic heterocycles. The molecule has 1 heterocycles. The first-order chi connectivity index (χ1) is 10.8. The number of carbonyl (C=O) groups excluding carboxylic acids is 1. The third-order valence-corrected chi connectivity index (χ3v) is 7.31. The summed E-state index contributed by atoms with van der Waals surface area (Å²) in [7, 11) is -3.39. The number of carbonyl (C=O) groups is 1. The Labute approximate surface area is 139 Å². The number of hydrogen-bond acceptors (Lipinski definition) is 3. The fourth-order valence-electron chi connectivity index (χ4n) is 3.18. The van der Waals surface area contributed by atoms with Crippen LogP contribution < -0.4 is 0 Å². The Morgan fingerprint density at radius 3 is 2.35 bits per heavy atom. The summed E-state index contributed by atoms with van der Waals surface area (Å²) >= 11 is 0. The van der Waals surface area contributed by atoms with Gasteiger partial charge in [-0.15, -0.1) is 0 Å². The Kier molecular flexibility index (Phi) is 5.84. The van der Waals surface area contributed by atoms with Crippen molar-refractivity contribution >= 4 is 15.7 Å². The van der Waals surface area contributed by atoms with Crippen molar-refractivity contribution in [3.63, 3.8) is 0 Å². The lowest BCUT2D eigenvalue weighted by molar-refractivity contribution is -0.130. The highest BCUT2D eigenvalue weighted by molar-refractivity contribution is 7.93. The molecule has 23 heavy (non-hydrogen) atoms. The molecule has 1 fully saturated rings. The van der Waals surface area contributed by atoms with Crippen LogP contribution in [0.5, 0.6) is 0 Å². The molecule has 0 saturated carbocycles. The van der Waals surface area contributed by atoms with Gasteiger partial charge < -0.3 is 4.90 Å². The molecular weight excluding hydrogens is 310 g/mol. The molecule has 0 radical (unpaired) electrons. The third-order valence-electron chi connectivity index (χ3n) is 4.81. The fourth-order valence-corrected chi connectivity index (χ4v) is 4.43. The second-order valence-electron chi connectivity index (χ2n) is 6.64. The predicted octanol–water partition coefficient (Wildman–Crippen LogP) is 2.99.